The van der Waals surface area contributed by atoms with Crippen LogP contribution in [0.4, 0.5) is 5.82 Å². The van der Waals surface area contributed by atoms with Crippen molar-refractivity contribution in [2.45, 2.75) is 39.7 Å². The summed E-state index contributed by atoms with van der Waals surface area (Å²) in [6.07, 6.45) is 0. The van der Waals surface area contributed by atoms with Crippen LogP contribution in [0.2, 0.25) is 0 Å². The van der Waals surface area contributed by atoms with E-state index in [1.807, 2.05) is 33.8 Å². The zero-order valence-corrected chi connectivity index (χ0v) is 13.0. The minimum atomic E-state index is -0.0342. The van der Waals surface area contributed by atoms with Gasteiger partial charge in [0.25, 0.3) is 5.91 Å². The lowest BCUT2D eigenvalue weighted by Crippen LogP contribution is -2.39. The molecule has 20 heavy (non-hydrogen) atoms. The van der Waals surface area contributed by atoms with E-state index in [2.05, 4.69) is 4.98 Å². The summed E-state index contributed by atoms with van der Waals surface area (Å²) in [5.74, 6) is 0.583. The lowest BCUT2D eigenvalue weighted by Gasteiger charge is -2.27. The topological polar surface area (TPSA) is 68.5 Å². The number of pyridine rings is 1. The number of hydrogen-bond donors (Lipinski definition) is 1. The highest BCUT2D eigenvalue weighted by Crippen LogP contribution is 2.18. The second-order valence-electron chi connectivity index (χ2n) is 5.45. The fourth-order valence-corrected chi connectivity index (χ4v) is 1.94. The number of carbonyl (C=O) groups is 1. The minimum Gasteiger partial charge on any atom is -0.384 e. The van der Waals surface area contributed by atoms with E-state index in [9.17, 15) is 4.79 Å². The summed E-state index contributed by atoms with van der Waals surface area (Å²) in [6.45, 7) is 9.11. The molecule has 0 bridgehead atoms. The van der Waals surface area contributed by atoms with E-state index in [1.54, 1.807) is 18.1 Å². The summed E-state index contributed by atoms with van der Waals surface area (Å²) < 4.78 is 5.06. The largest absolute Gasteiger partial charge is 0.384 e. The molecule has 0 atom stereocenters. The molecule has 1 rings (SSSR count). The molecule has 1 amide bonds. The average molecular weight is 279 g/mol. The number of methoxy groups -OCH3 is 1. The number of nitrogens with two attached hydrogens (primary N) is 1. The van der Waals surface area contributed by atoms with Gasteiger partial charge in [0.15, 0.2) is 0 Å². The normalized spacial score (nSPS) is 11.2. The smallest absolute Gasteiger partial charge is 0.254 e. The quantitative estimate of drug-likeness (QED) is 0.867. The minimum absolute atomic E-state index is 0.0342. The molecule has 0 radical (unpaired) electrons. The number of amides is 1. The number of aromatic nitrogens is 1. The van der Waals surface area contributed by atoms with E-state index < -0.39 is 0 Å². The van der Waals surface area contributed by atoms with Crippen molar-refractivity contribution >= 4 is 11.7 Å². The van der Waals surface area contributed by atoms with Crippen molar-refractivity contribution in [1.29, 1.82) is 0 Å². The molecule has 0 unspecified atom stereocenters. The van der Waals surface area contributed by atoms with Crippen LogP contribution in [0.15, 0.2) is 12.1 Å². The van der Waals surface area contributed by atoms with Gasteiger partial charge in [0.2, 0.25) is 0 Å². The summed E-state index contributed by atoms with van der Waals surface area (Å²) in [6, 6.07) is 3.57. The third-order valence-corrected chi connectivity index (χ3v) is 3.12. The van der Waals surface area contributed by atoms with Gasteiger partial charge in [0, 0.05) is 31.0 Å². The summed E-state index contributed by atoms with van der Waals surface area (Å²) in [5, 5.41) is 0. The van der Waals surface area contributed by atoms with Crippen LogP contribution in [0, 0.1) is 0 Å². The SMILES string of the molecule is COCCN(C(=O)c1cc(N)nc(C(C)C)c1)C(C)C. The molecule has 5 heteroatoms. The number of anilines is 1. The standard InChI is InChI=1S/C15H25N3O2/c1-10(2)13-8-12(9-14(16)17-13)15(19)18(11(3)4)6-7-20-5/h8-11H,6-7H2,1-5H3,(H2,16,17). The Morgan fingerprint density at radius 3 is 2.50 bits per heavy atom. The van der Waals surface area contributed by atoms with Crippen LogP contribution >= 0.6 is 0 Å². The Bertz CT molecular complexity index is 458. The predicted molar refractivity (Wildman–Crippen MR) is 80.8 cm³/mol. The van der Waals surface area contributed by atoms with Crippen molar-refractivity contribution in [1.82, 2.24) is 9.88 Å². The average Bonchev–Trinajstić information content (AvgIpc) is 2.37. The van der Waals surface area contributed by atoms with Crippen molar-refractivity contribution < 1.29 is 9.53 Å². The van der Waals surface area contributed by atoms with Gasteiger partial charge >= 0.3 is 0 Å². The lowest BCUT2D eigenvalue weighted by atomic mass is 10.1. The first-order chi connectivity index (χ1) is 9.36. The molecule has 0 saturated carbocycles. The fraction of sp³-hybridized carbons (Fsp3) is 0.600. The summed E-state index contributed by atoms with van der Waals surface area (Å²) >= 11 is 0. The van der Waals surface area contributed by atoms with Crippen LogP contribution in [0.3, 0.4) is 0 Å². The van der Waals surface area contributed by atoms with Gasteiger partial charge in [-0.25, -0.2) is 4.98 Å². The van der Waals surface area contributed by atoms with Crippen LogP contribution in [0.25, 0.3) is 0 Å². The van der Waals surface area contributed by atoms with Crippen molar-refractivity contribution in [2.24, 2.45) is 0 Å². The summed E-state index contributed by atoms with van der Waals surface area (Å²) in [7, 11) is 1.63. The number of ether oxygens (including phenoxy) is 1. The zero-order valence-electron chi connectivity index (χ0n) is 13.0. The Kier molecular flexibility index (Phi) is 5.95. The number of rotatable bonds is 6. The number of nitrogens with zero attached hydrogens (tertiary/aromatic N) is 2. The monoisotopic (exact) mass is 279 g/mol. The van der Waals surface area contributed by atoms with Crippen LogP contribution in [-0.4, -0.2) is 42.1 Å². The molecule has 0 spiro atoms. The highest BCUT2D eigenvalue weighted by Gasteiger charge is 2.20. The van der Waals surface area contributed by atoms with Gasteiger partial charge in [0.05, 0.1) is 6.61 Å². The fourth-order valence-electron chi connectivity index (χ4n) is 1.94. The Labute approximate surface area is 121 Å². The van der Waals surface area contributed by atoms with E-state index >= 15 is 0 Å². The summed E-state index contributed by atoms with van der Waals surface area (Å²) in [5.41, 5.74) is 7.23. The van der Waals surface area contributed by atoms with Crippen molar-refractivity contribution in [2.75, 3.05) is 26.0 Å². The first kappa shape index (κ1) is 16.4. The number of hydrogen-bond acceptors (Lipinski definition) is 4. The molecular formula is C15H25N3O2. The van der Waals surface area contributed by atoms with E-state index in [0.29, 0.717) is 24.5 Å². The van der Waals surface area contributed by atoms with E-state index in [0.717, 1.165) is 5.69 Å². The molecule has 112 valence electrons. The van der Waals surface area contributed by atoms with Gasteiger partial charge in [-0.15, -0.1) is 0 Å². The van der Waals surface area contributed by atoms with Crippen molar-refractivity contribution in [3.63, 3.8) is 0 Å². The predicted octanol–water partition coefficient (Wildman–Crippen LogP) is 2.28. The number of nitrogen functional groups attached to an aromatic ring is 1. The molecular weight excluding hydrogens is 254 g/mol. The van der Waals surface area contributed by atoms with Gasteiger partial charge in [0.1, 0.15) is 5.82 Å². The highest BCUT2D eigenvalue weighted by molar-refractivity contribution is 5.95. The molecule has 0 aliphatic heterocycles. The molecule has 1 aromatic heterocycles. The Hall–Kier alpha value is -1.62. The van der Waals surface area contributed by atoms with Gasteiger partial charge in [-0.2, -0.15) is 0 Å². The van der Waals surface area contributed by atoms with Crippen LogP contribution in [-0.2, 0) is 4.74 Å². The maximum absolute atomic E-state index is 12.6. The van der Waals surface area contributed by atoms with Crippen LogP contribution in [0.1, 0.15) is 49.7 Å². The van der Waals surface area contributed by atoms with Crippen molar-refractivity contribution in [3.05, 3.63) is 23.4 Å². The third-order valence-electron chi connectivity index (χ3n) is 3.12. The molecule has 1 heterocycles. The maximum Gasteiger partial charge on any atom is 0.254 e. The van der Waals surface area contributed by atoms with Gasteiger partial charge in [-0.1, -0.05) is 13.8 Å². The zero-order chi connectivity index (χ0) is 15.3. The maximum atomic E-state index is 12.6. The Morgan fingerprint density at radius 2 is 2.00 bits per heavy atom. The Balaban J connectivity index is 3.05. The molecule has 1 aromatic rings. The van der Waals surface area contributed by atoms with Crippen LogP contribution < -0.4 is 5.73 Å². The molecule has 2 N–H and O–H groups in total. The summed E-state index contributed by atoms with van der Waals surface area (Å²) in [4.78, 5) is 18.7. The molecule has 0 aliphatic carbocycles. The molecule has 5 nitrogen and oxygen atoms in total. The van der Waals surface area contributed by atoms with Gasteiger partial charge < -0.3 is 15.4 Å². The molecule has 0 fully saturated rings. The van der Waals surface area contributed by atoms with E-state index in [4.69, 9.17) is 10.5 Å². The second-order valence-corrected chi connectivity index (χ2v) is 5.45. The van der Waals surface area contributed by atoms with Gasteiger partial charge in [-0.3, -0.25) is 4.79 Å². The third kappa shape index (κ3) is 4.20. The lowest BCUT2D eigenvalue weighted by molar-refractivity contribution is 0.0635. The van der Waals surface area contributed by atoms with E-state index in [-0.39, 0.29) is 17.9 Å². The molecule has 0 saturated heterocycles. The molecule has 0 aromatic carbocycles. The highest BCUT2D eigenvalue weighted by atomic mass is 16.5. The Morgan fingerprint density at radius 1 is 1.35 bits per heavy atom. The van der Waals surface area contributed by atoms with Crippen LogP contribution in [0.5, 0.6) is 0 Å². The first-order valence-electron chi connectivity index (χ1n) is 6.94. The molecule has 0 aliphatic rings. The second kappa shape index (κ2) is 7.24. The van der Waals surface area contributed by atoms with Crippen molar-refractivity contribution in [3.8, 4) is 0 Å². The number of carbonyl (C=O) groups excluding carboxylic acids is 1. The van der Waals surface area contributed by atoms with E-state index in [1.165, 1.54) is 0 Å². The first-order valence-corrected chi connectivity index (χ1v) is 6.94. The van der Waals surface area contributed by atoms with Gasteiger partial charge in [-0.05, 0) is 31.9 Å².